The van der Waals surface area contributed by atoms with Crippen molar-refractivity contribution in [1.29, 1.82) is 5.26 Å². The Morgan fingerprint density at radius 1 is 1.02 bits per heavy atom. The number of nitrogens with zero attached hydrogens (tertiary/aromatic N) is 4. The van der Waals surface area contributed by atoms with Crippen molar-refractivity contribution in [1.82, 2.24) is 9.88 Å². The highest BCUT2D eigenvalue weighted by atomic mass is 32.1. The second-order valence-corrected chi connectivity index (χ2v) is 10.5. The number of esters is 1. The Labute approximate surface area is 275 Å². The highest BCUT2D eigenvalue weighted by molar-refractivity contribution is 7.80. The van der Waals surface area contributed by atoms with E-state index in [1.165, 1.54) is 18.2 Å². The summed E-state index contributed by atoms with van der Waals surface area (Å²) in [6.07, 6.45) is -1.48. The highest BCUT2D eigenvalue weighted by Gasteiger charge is 2.31. The van der Waals surface area contributed by atoms with Gasteiger partial charge in [0.1, 0.15) is 18.2 Å². The van der Waals surface area contributed by atoms with Gasteiger partial charge in [-0.05, 0) is 36.8 Å². The standard InChI is InChI=1S/C34H30F2N4O6S/c1-3-42-34(41)27(20-47)45-30-28(35)32(44-24-11-7-10-23(17-24)31-38-14-15-40(31)2)39-33(29(30)36)46-26-16-22(18-37)12-13-25(26)43-19-21-8-5-4-6-9-21/h4-13,16-17,27,47H,3,14-15,19-20H2,1-2H3. The van der Waals surface area contributed by atoms with Crippen LogP contribution in [0.5, 0.6) is 34.8 Å². The van der Waals surface area contributed by atoms with Gasteiger partial charge in [0.2, 0.25) is 23.5 Å². The molecule has 0 fully saturated rings. The maximum atomic E-state index is 16.0. The zero-order valence-electron chi connectivity index (χ0n) is 25.5. The van der Waals surface area contributed by atoms with E-state index in [9.17, 15) is 10.1 Å². The molecule has 0 N–H and O–H groups in total. The van der Waals surface area contributed by atoms with E-state index in [0.29, 0.717) is 12.1 Å². The molecule has 0 saturated carbocycles. The van der Waals surface area contributed by atoms with Gasteiger partial charge in [-0.3, -0.25) is 4.99 Å². The van der Waals surface area contributed by atoms with Crippen LogP contribution < -0.4 is 18.9 Å². The van der Waals surface area contributed by atoms with Crippen LogP contribution in [0.1, 0.15) is 23.6 Å². The van der Waals surface area contributed by atoms with Crippen LogP contribution in [-0.4, -0.2) is 60.3 Å². The van der Waals surface area contributed by atoms with Gasteiger partial charge in [-0.2, -0.15) is 31.7 Å². The quantitative estimate of drug-likeness (QED) is 0.130. The topological polar surface area (TPSA) is 116 Å². The van der Waals surface area contributed by atoms with Gasteiger partial charge in [0.05, 0.1) is 24.8 Å². The van der Waals surface area contributed by atoms with Gasteiger partial charge in [-0.25, -0.2) is 4.79 Å². The number of hydrogen-bond donors (Lipinski definition) is 1. The summed E-state index contributed by atoms with van der Waals surface area (Å²) in [7, 11) is 1.90. The first-order valence-corrected chi connectivity index (χ1v) is 15.2. The lowest BCUT2D eigenvalue weighted by Crippen LogP contribution is -2.32. The van der Waals surface area contributed by atoms with Crippen molar-refractivity contribution in [3.8, 4) is 40.8 Å². The summed E-state index contributed by atoms with van der Waals surface area (Å²) in [5.74, 6) is -5.38. The molecule has 47 heavy (non-hydrogen) atoms. The van der Waals surface area contributed by atoms with Crippen LogP contribution >= 0.6 is 12.6 Å². The van der Waals surface area contributed by atoms with Crippen LogP contribution in [0, 0.1) is 23.0 Å². The highest BCUT2D eigenvalue weighted by Crippen LogP contribution is 2.40. The molecule has 13 heteroatoms. The average Bonchev–Trinajstić information content (AvgIpc) is 3.52. The number of pyridine rings is 1. The Balaban J connectivity index is 1.55. The van der Waals surface area contributed by atoms with E-state index in [0.717, 1.165) is 17.9 Å². The van der Waals surface area contributed by atoms with Crippen molar-refractivity contribution < 1.29 is 37.3 Å². The molecule has 242 valence electrons. The zero-order chi connectivity index (χ0) is 33.3. The molecular weight excluding hydrogens is 630 g/mol. The summed E-state index contributed by atoms with van der Waals surface area (Å²) in [5.41, 5.74) is 1.73. The van der Waals surface area contributed by atoms with Gasteiger partial charge in [-0.1, -0.05) is 42.5 Å². The number of aromatic nitrogens is 1. The summed E-state index contributed by atoms with van der Waals surface area (Å²) >= 11 is 4.10. The normalized spacial score (nSPS) is 12.9. The third-order valence-corrected chi connectivity index (χ3v) is 7.17. The van der Waals surface area contributed by atoms with Crippen molar-refractivity contribution in [3.05, 3.63) is 101 Å². The molecule has 3 aromatic carbocycles. The largest absolute Gasteiger partial charge is 0.485 e. The van der Waals surface area contributed by atoms with E-state index in [2.05, 4.69) is 22.6 Å². The van der Waals surface area contributed by atoms with Gasteiger partial charge < -0.3 is 28.6 Å². The van der Waals surface area contributed by atoms with Crippen molar-refractivity contribution in [2.75, 3.05) is 32.5 Å². The van der Waals surface area contributed by atoms with Crippen LogP contribution in [0.3, 0.4) is 0 Å². The number of amidine groups is 1. The Bertz CT molecular complexity index is 1820. The molecule has 0 saturated heterocycles. The fourth-order valence-electron chi connectivity index (χ4n) is 4.53. The molecule has 10 nitrogen and oxygen atoms in total. The minimum atomic E-state index is -1.48. The minimum Gasteiger partial charge on any atom is -0.485 e. The second-order valence-electron chi connectivity index (χ2n) is 10.1. The molecule has 1 aliphatic heterocycles. The average molecular weight is 661 g/mol. The number of ether oxygens (including phenoxy) is 5. The van der Waals surface area contributed by atoms with Crippen LogP contribution in [0.15, 0.2) is 77.8 Å². The Morgan fingerprint density at radius 2 is 1.79 bits per heavy atom. The van der Waals surface area contributed by atoms with Crippen LogP contribution in [0.4, 0.5) is 8.78 Å². The number of thiol groups is 1. The molecule has 0 aliphatic carbocycles. The maximum absolute atomic E-state index is 16.0. The number of halogens is 2. The van der Waals surface area contributed by atoms with Gasteiger partial charge in [-0.15, -0.1) is 0 Å². The number of rotatable bonds is 13. The minimum absolute atomic E-state index is 0.00825. The maximum Gasteiger partial charge on any atom is 0.348 e. The van der Waals surface area contributed by atoms with E-state index in [4.69, 9.17) is 23.7 Å². The SMILES string of the molecule is CCOC(=O)C(CS)Oc1c(F)c(Oc2cccc(C3=NCCN3C)c2)nc(Oc2cc(C#N)ccc2OCc2ccccc2)c1F. The van der Waals surface area contributed by atoms with Crippen LogP contribution in [0.25, 0.3) is 0 Å². The Kier molecular flexibility index (Phi) is 10.7. The first kappa shape index (κ1) is 33.0. The fraction of sp³-hybridized carbons (Fsp3) is 0.235. The number of likely N-dealkylation sites (N-methyl/N-ethyl adjacent to an activating group) is 1. The number of carbonyl (C=O) groups excluding carboxylic acids is 1. The Morgan fingerprint density at radius 3 is 2.47 bits per heavy atom. The van der Waals surface area contributed by atoms with Crippen LogP contribution in [0.2, 0.25) is 0 Å². The second kappa shape index (κ2) is 15.3. The molecule has 0 amide bonds. The van der Waals surface area contributed by atoms with Gasteiger partial charge >= 0.3 is 5.97 Å². The molecule has 1 aromatic heterocycles. The lowest BCUT2D eigenvalue weighted by Gasteiger charge is -2.19. The molecule has 4 aromatic rings. The molecule has 1 aliphatic rings. The number of hydrogen-bond acceptors (Lipinski definition) is 11. The van der Waals surface area contributed by atoms with Crippen molar-refractivity contribution in [2.45, 2.75) is 19.6 Å². The summed E-state index contributed by atoms with van der Waals surface area (Å²) in [5, 5.41) is 9.52. The van der Waals surface area contributed by atoms with Crippen molar-refractivity contribution >= 4 is 24.4 Å². The lowest BCUT2D eigenvalue weighted by atomic mass is 10.2. The first-order valence-electron chi connectivity index (χ1n) is 14.6. The molecular formula is C34H30F2N4O6S. The number of carbonyl (C=O) groups is 1. The lowest BCUT2D eigenvalue weighted by molar-refractivity contribution is -0.150. The van der Waals surface area contributed by atoms with E-state index < -0.39 is 41.2 Å². The predicted octanol–water partition coefficient (Wildman–Crippen LogP) is 6.33. The third-order valence-electron chi connectivity index (χ3n) is 6.83. The number of aliphatic imine (C=N–C) groups is 1. The van der Waals surface area contributed by atoms with Crippen molar-refractivity contribution in [2.24, 2.45) is 4.99 Å². The van der Waals surface area contributed by atoms with Crippen LogP contribution in [-0.2, 0) is 16.1 Å². The number of benzene rings is 3. The summed E-state index contributed by atoms with van der Waals surface area (Å²) < 4.78 is 60.1. The molecule has 1 atom stereocenters. The summed E-state index contributed by atoms with van der Waals surface area (Å²) in [6, 6.07) is 22.3. The van der Waals surface area contributed by atoms with E-state index in [-0.39, 0.29) is 41.8 Å². The van der Waals surface area contributed by atoms with E-state index >= 15 is 8.78 Å². The molecule has 5 rings (SSSR count). The molecule has 0 spiro atoms. The predicted molar refractivity (Wildman–Crippen MR) is 172 cm³/mol. The van der Waals surface area contributed by atoms with Gasteiger partial charge in [0, 0.05) is 31.0 Å². The van der Waals surface area contributed by atoms with Gasteiger partial charge in [0.25, 0.3) is 11.8 Å². The molecule has 2 heterocycles. The smallest absolute Gasteiger partial charge is 0.348 e. The third kappa shape index (κ3) is 7.90. The molecule has 1 unspecified atom stereocenters. The first-order chi connectivity index (χ1) is 22.8. The monoisotopic (exact) mass is 660 g/mol. The van der Waals surface area contributed by atoms with Crippen molar-refractivity contribution in [3.63, 3.8) is 0 Å². The van der Waals surface area contributed by atoms with E-state index in [1.54, 1.807) is 25.1 Å². The van der Waals surface area contributed by atoms with E-state index in [1.807, 2.05) is 54.4 Å². The molecule has 0 bridgehead atoms. The molecule has 0 radical (unpaired) electrons. The van der Waals surface area contributed by atoms with Gasteiger partial charge in [0.15, 0.2) is 11.5 Å². The fourth-order valence-corrected chi connectivity index (χ4v) is 4.75. The Hall–Kier alpha value is -5.35. The summed E-state index contributed by atoms with van der Waals surface area (Å²) in [6.45, 7) is 3.09. The number of nitriles is 1. The zero-order valence-corrected chi connectivity index (χ0v) is 26.4. The summed E-state index contributed by atoms with van der Waals surface area (Å²) in [4.78, 5) is 22.9.